The van der Waals surface area contributed by atoms with Crippen LogP contribution in [0.15, 0.2) is 5.11 Å². The van der Waals surface area contributed by atoms with Crippen molar-refractivity contribution < 1.29 is 4.74 Å². The highest BCUT2D eigenvalue weighted by molar-refractivity contribution is 5.11. The number of nitrogens with zero attached hydrogens (tertiary/aromatic N) is 4. The van der Waals surface area contributed by atoms with Crippen LogP contribution in [0.4, 0.5) is 0 Å². The molecule has 0 aliphatic carbocycles. The van der Waals surface area contributed by atoms with Gasteiger partial charge in [-0.1, -0.05) is 5.11 Å². The molecule has 0 unspecified atom stereocenters. The van der Waals surface area contributed by atoms with Crippen LogP contribution in [0, 0.1) is 0 Å². The molecule has 0 radical (unpaired) electrons. The molecular weight excluding hydrogens is 156 g/mol. The summed E-state index contributed by atoms with van der Waals surface area (Å²) in [6.07, 6.45) is 1.64. The predicted molar refractivity (Wildman–Crippen MR) is 41.6 cm³/mol. The van der Waals surface area contributed by atoms with E-state index in [4.69, 9.17) is 10.3 Å². The van der Waals surface area contributed by atoms with Crippen molar-refractivity contribution in [3.8, 4) is 0 Å². The van der Waals surface area contributed by atoms with E-state index in [1.54, 1.807) is 0 Å². The second-order valence-electron chi connectivity index (χ2n) is 3.68. The first-order chi connectivity index (χ1) is 5.90. The minimum absolute atomic E-state index is 0.0856. The molecule has 3 aliphatic rings. The second-order valence-corrected chi connectivity index (χ2v) is 3.68. The highest BCUT2D eigenvalue weighted by Gasteiger charge is 2.56. The Morgan fingerprint density at radius 2 is 2.42 bits per heavy atom. The summed E-state index contributed by atoms with van der Waals surface area (Å²) in [4.78, 5) is 5.26. The maximum absolute atomic E-state index is 8.37. The van der Waals surface area contributed by atoms with Crippen LogP contribution in [0.1, 0.15) is 6.42 Å². The van der Waals surface area contributed by atoms with E-state index in [-0.39, 0.29) is 12.1 Å². The summed E-state index contributed by atoms with van der Waals surface area (Å²) in [6, 6.07) is 0.480. The molecule has 2 bridgehead atoms. The van der Waals surface area contributed by atoms with E-state index >= 15 is 0 Å². The topological polar surface area (TPSA) is 61.2 Å². The Bertz CT molecular complexity index is 248. The van der Waals surface area contributed by atoms with Gasteiger partial charge < -0.3 is 4.74 Å². The van der Waals surface area contributed by atoms with Crippen molar-refractivity contribution in [2.75, 3.05) is 13.1 Å². The summed E-state index contributed by atoms with van der Waals surface area (Å²) in [5.41, 5.74) is 8.37. The van der Waals surface area contributed by atoms with E-state index in [1.165, 1.54) is 0 Å². The molecule has 5 nitrogen and oxygen atoms in total. The van der Waals surface area contributed by atoms with Gasteiger partial charge in [0.15, 0.2) is 0 Å². The van der Waals surface area contributed by atoms with E-state index in [1.807, 2.05) is 0 Å². The van der Waals surface area contributed by atoms with Crippen LogP contribution in [-0.4, -0.2) is 42.3 Å². The monoisotopic (exact) mass is 166 g/mol. The van der Waals surface area contributed by atoms with Gasteiger partial charge in [-0.3, -0.25) is 4.90 Å². The average Bonchev–Trinajstić information content (AvgIpc) is 2.61. The van der Waals surface area contributed by atoms with Gasteiger partial charge in [-0.05, 0) is 12.0 Å². The van der Waals surface area contributed by atoms with Crippen molar-refractivity contribution in [1.82, 2.24) is 4.90 Å². The lowest BCUT2D eigenvalue weighted by Crippen LogP contribution is -2.35. The molecule has 3 aliphatic heterocycles. The molecule has 0 spiro atoms. The first-order valence-electron chi connectivity index (χ1n) is 4.34. The maximum Gasteiger partial charge on any atom is 0.0829 e. The van der Waals surface area contributed by atoms with Crippen LogP contribution in [0.3, 0.4) is 0 Å². The molecule has 0 aromatic rings. The lowest BCUT2D eigenvalue weighted by atomic mass is 10.1. The zero-order chi connectivity index (χ0) is 8.13. The number of ether oxygens (including phenoxy) is 1. The summed E-state index contributed by atoms with van der Waals surface area (Å²) in [7, 11) is 0. The molecule has 64 valence electrons. The summed E-state index contributed by atoms with van der Waals surface area (Å²) < 4.78 is 5.71. The zero-order valence-corrected chi connectivity index (χ0v) is 6.63. The molecule has 5 heteroatoms. The summed E-state index contributed by atoms with van der Waals surface area (Å²) >= 11 is 0. The molecule has 0 aromatic heterocycles. The van der Waals surface area contributed by atoms with Gasteiger partial charge in [0.2, 0.25) is 0 Å². The third-order valence-electron chi connectivity index (χ3n) is 3.18. The van der Waals surface area contributed by atoms with Gasteiger partial charge in [-0.2, -0.15) is 0 Å². The van der Waals surface area contributed by atoms with Gasteiger partial charge in [-0.25, -0.2) is 0 Å². The Kier molecular flexibility index (Phi) is 1.19. The molecule has 0 N–H and O–H groups in total. The highest BCUT2D eigenvalue weighted by Crippen LogP contribution is 2.41. The quantitative estimate of drug-likeness (QED) is 0.324. The van der Waals surface area contributed by atoms with Crippen molar-refractivity contribution in [2.24, 2.45) is 5.11 Å². The number of hydrogen-bond acceptors (Lipinski definition) is 3. The smallest absolute Gasteiger partial charge is 0.0829 e. The lowest BCUT2D eigenvalue weighted by molar-refractivity contribution is 0.00886. The minimum atomic E-state index is 0.0856. The number of hydrogen-bond donors (Lipinski definition) is 0. The number of morpholine rings is 1. The normalized spacial score (nSPS) is 49.7. The van der Waals surface area contributed by atoms with E-state index in [0.29, 0.717) is 12.1 Å². The number of fused-ring (bicyclic) bond motifs is 1. The molecular formula is C7H10N4O. The second kappa shape index (κ2) is 2.13. The summed E-state index contributed by atoms with van der Waals surface area (Å²) in [6.45, 7) is 2.08. The lowest BCUT2D eigenvalue weighted by Gasteiger charge is -2.21. The number of rotatable bonds is 1. The van der Waals surface area contributed by atoms with Crippen LogP contribution in [0.25, 0.3) is 10.4 Å². The summed E-state index contributed by atoms with van der Waals surface area (Å²) in [5.74, 6) is 0. The van der Waals surface area contributed by atoms with Gasteiger partial charge in [-0.15, -0.1) is 0 Å². The SMILES string of the molecule is [N-]=[N+]=N[C@@H]1[C@H]2[C@@H]3CCN2C[C@H]1O3. The molecule has 3 fully saturated rings. The van der Waals surface area contributed by atoms with Crippen LogP contribution >= 0.6 is 0 Å². The fourth-order valence-electron chi connectivity index (χ4n) is 2.75. The third kappa shape index (κ3) is 0.641. The third-order valence-corrected chi connectivity index (χ3v) is 3.18. The Morgan fingerprint density at radius 1 is 1.50 bits per heavy atom. The zero-order valence-electron chi connectivity index (χ0n) is 6.63. The number of azide groups is 1. The van der Waals surface area contributed by atoms with E-state index in [9.17, 15) is 0 Å². The molecule has 12 heavy (non-hydrogen) atoms. The average molecular weight is 166 g/mol. The molecule has 0 saturated carbocycles. The first-order valence-corrected chi connectivity index (χ1v) is 4.34. The highest BCUT2D eigenvalue weighted by atomic mass is 16.5. The van der Waals surface area contributed by atoms with Gasteiger partial charge >= 0.3 is 0 Å². The van der Waals surface area contributed by atoms with E-state index in [2.05, 4.69) is 14.9 Å². The van der Waals surface area contributed by atoms with Gasteiger partial charge in [0.05, 0.1) is 18.2 Å². The van der Waals surface area contributed by atoms with Crippen molar-refractivity contribution in [2.45, 2.75) is 30.7 Å². The standard InChI is InChI=1S/C7H10N4O/c8-10-9-6-5-3-11-2-1-4(12-5)7(6)11/h4-7H,1-3H2/t4-,5+,6-,7+/m0/s1. The van der Waals surface area contributed by atoms with Crippen molar-refractivity contribution >= 4 is 0 Å². The van der Waals surface area contributed by atoms with Crippen LogP contribution in [0.5, 0.6) is 0 Å². The summed E-state index contributed by atoms with van der Waals surface area (Å²) in [5, 5.41) is 3.80. The van der Waals surface area contributed by atoms with Gasteiger partial charge in [0.1, 0.15) is 0 Å². The fourth-order valence-corrected chi connectivity index (χ4v) is 2.75. The Morgan fingerprint density at radius 3 is 3.17 bits per heavy atom. The molecule has 3 heterocycles. The molecule has 3 saturated heterocycles. The van der Waals surface area contributed by atoms with E-state index in [0.717, 1.165) is 19.5 Å². The van der Waals surface area contributed by atoms with Crippen LogP contribution in [0.2, 0.25) is 0 Å². The molecule has 4 atom stereocenters. The van der Waals surface area contributed by atoms with Crippen LogP contribution in [-0.2, 0) is 4.74 Å². The van der Waals surface area contributed by atoms with Gasteiger partial charge in [0, 0.05) is 24.0 Å². The maximum atomic E-state index is 8.37. The Hall–Kier alpha value is -0.770. The van der Waals surface area contributed by atoms with Crippen LogP contribution < -0.4 is 0 Å². The fraction of sp³-hybridized carbons (Fsp3) is 1.00. The molecule has 3 rings (SSSR count). The molecule has 0 amide bonds. The van der Waals surface area contributed by atoms with E-state index < -0.39 is 0 Å². The van der Waals surface area contributed by atoms with Crippen molar-refractivity contribution in [3.63, 3.8) is 0 Å². The predicted octanol–water partition coefficient (Wildman–Crippen LogP) is 0.521. The molecule has 0 aromatic carbocycles. The van der Waals surface area contributed by atoms with Crippen molar-refractivity contribution in [3.05, 3.63) is 10.4 Å². The van der Waals surface area contributed by atoms with Gasteiger partial charge in [0.25, 0.3) is 0 Å². The Balaban J connectivity index is 1.96. The largest absolute Gasteiger partial charge is 0.371 e. The Labute approximate surface area is 69.9 Å². The minimum Gasteiger partial charge on any atom is -0.371 e. The van der Waals surface area contributed by atoms with Crippen molar-refractivity contribution in [1.29, 1.82) is 0 Å². The first kappa shape index (κ1) is 6.71.